The number of esters is 1. The SMILES string of the molecule is CCOC(=O)Cn1nnnc1C(NC1CCCCC1N)c1ccc([N+](=O)[O-])cc1. The van der Waals surface area contributed by atoms with Gasteiger partial charge >= 0.3 is 5.97 Å². The van der Waals surface area contributed by atoms with Crippen molar-refractivity contribution in [1.29, 1.82) is 0 Å². The van der Waals surface area contributed by atoms with Gasteiger partial charge in [-0.2, -0.15) is 0 Å². The lowest BCUT2D eigenvalue weighted by molar-refractivity contribution is -0.384. The van der Waals surface area contributed by atoms with E-state index in [1.54, 1.807) is 19.1 Å². The predicted molar refractivity (Wildman–Crippen MR) is 103 cm³/mol. The number of nitrogens with two attached hydrogens (primary N) is 1. The molecular formula is C18H25N7O4. The molecule has 3 N–H and O–H groups in total. The maximum atomic E-state index is 11.9. The Kier molecular flexibility index (Phi) is 6.83. The lowest BCUT2D eigenvalue weighted by atomic mass is 9.89. The van der Waals surface area contributed by atoms with Gasteiger partial charge in [-0.25, -0.2) is 4.68 Å². The summed E-state index contributed by atoms with van der Waals surface area (Å²) in [7, 11) is 0. The van der Waals surface area contributed by atoms with Crippen molar-refractivity contribution in [3.63, 3.8) is 0 Å². The van der Waals surface area contributed by atoms with Crippen LogP contribution in [0.5, 0.6) is 0 Å². The molecule has 3 atom stereocenters. The molecule has 2 aromatic rings. The summed E-state index contributed by atoms with van der Waals surface area (Å²) in [4.78, 5) is 22.5. The Hall–Kier alpha value is -2.92. The standard InChI is InChI=1S/C18H25N7O4/c1-2-29-16(26)11-24-18(21-22-23-24)17(20-15-6-4-3-5-14(15)19)12-7-9-13(10-8-12)25(27)28/h7-10,14-15,17,20H,2-6,11,19H2,1H3. The first-order chi connectivity index (χ1) is 14.0. The van der Waals surface area contributed by atoms with Crippen LogP contribution in [-0.4, -0.2) is 49.8 Å². The van der Waals surface area contributed by atoms with E-state index in [0.717, 1.165) is 31.2 Å². The van der Waals surface area contributed by atoms with E-state index in [2.05, 4.69) is 20.8 Å². The minimum atomic E-state index is -0.477. The van der Waals surface area contributed by atoms with Crippen LogP contribution >= 0.6 is 0 Å². The van der Waals surface area contributed by atoms with Crippen LogP contribution in [0.3, 0.4) is 0 Å². The summed E-state index contributed by atoms with van der Waals surface area (Å²) in [6.45, 7) is 1.86. The third kappa shape index (κ3) is 5.12. The first-order valence-corrected chi connectivity index (χ1v) is 9.67. The van der Waals surface area contributed by atoms with Gasteiger partial charge in [0.15, 0.2) is 5.82 Å². The van der Waals surface area contributed by atoms with Crippen LogP contribution < -0.4 is 11.1 Å². The van der Waals surface area contributed by atoms with Gasteiger partial charge in [0.2, 0.25) is 0 Å². The lowest BCUT2D eigenvalue weighted by Gasteiger charge is -2.32. The Morgan fingerprint density at radius 2 is 2.10 bits per heavy atom. The van der Waals surface area contributed by atoms with Gasteiger partial charge in [0.05, 0.1) is 17.6 Å². The third-order valence-corrected chi connectivity index (χ3v) is 5.04. The predicted octanol–water partition coefficient (Wildman–Crippen LogP) is 1.09. The number of carbonyl (C=O) groups is 1. The Bertz CT molecular complexity index is 839. The van der Waals surface area contributed by atoms with Gasteiger partial charge in [-0.05, 0) is 35.8 Å². The Morgan fingerprint density at radius 3 is 2.76 bits per heavy atom. The first kappa shape index (κ1) is 20.8. The van der Waals surface area contributed by atoms with E-state index in [1.165, 1.54) is 16.8 Å². The van der Waals surface area contributed by atoms with Crippen LogP contribution in [0.4, 0.5) is 5.69 Å². The van der Waals surface area contributed by atoms with Crippen LogP contribution in [0.15, 0.2) is 24.3 Å². The van der Waals surface area contributed by atoms with Crippen LogP contribution in [-0.2, 0) is 16.1 Å². The van der Waals surface area contributed by atoms with E-state index in [1.807, 2.05) is 0 Å². The van der Waals surface area contributed by atoms with Crippen LogP contribution in [0.25, 0.3) is 0 Å². The number of carbonyl (C=O) groups excluding carboxylic acids is 1. The average molecular weight is 403 g/mol. The molecule has 11 heteroatoms. The molecule has 0 amide bonds. The summed E-state index contributed by atoms with van der Waals surface area (Å²) in [5.41, 5.74) is 7.03. The summed E-state index contributed by atoms with van der Waals surface area (Å²) in [5, 5.41) is 26.2. The number of hydrogen-bond donors (Lipinski definition) is 2. The Balaban J connectivity index is 1.91. The molecule has 11 nitrogen and oxygen atoms in total. The summed E-state index contributed by atoms with van der Waals surface area (Å²) < 4.78 is 6.37. The number of nitrogens with zero attached hydrogens (tertiary/aromatic N) is 5. The number of nitro benzene ring substituents is 1. The zero-order valence-electron chi connectivity index (χ0n) is 16.2. The largest absolute Gasteiger partial charge is 0.465 e. The average Bonchev–Trinajstić information content (AvgIpc) is 3.15. The normalized spacial score (nSPS) is 20.2. The van der Waals surface area contributed by atoms with Gasteiger partial charge < -0.3 is 10.5 Å². The monoisotopic (exact) mass is 403 g/mol. The highest BCUT2D eigenvalue weighted by Gasteiger charge is 2.29. The van der Waals surface area contributed by atoms with Crippen LogP contribution in [0.2, 0.25) is 0 Å². The molecule has 156 valence electrons. The number of aromatic nitrogens is 4. The van der Waals surface area contributed by atoms with Gasteiger partial charge in [0.25, 0.3) is 5.69 Å². The summed E-state index contributed by atoms with van der Waals surface area (Å²) in [6.07, 6.45) is 3.97. The molecule has 0 saturated heterocycles. The molecule has 1 saturated carbocycles. The maximum Gasteiger partial charge on any atom is 0.327 e. The number of rotatable bonds is 8. The molecule has 1 fully saturated rings. The van der Waals surface area contributed by atoms with Crippen molar-refractivity contribution in [3.8, 4) is 0 Å². The van der Waals surface area contributed by atoms with Gasteiger partial charge in [0.1, 0.15) is 6.54 Å². The molecule has 1 aromatic heterocycles. The van der Waals surface area contributed by atoms with Crippen molar-refractivity contribution in [2.24, 2.45) is 5.73 Å². The number of tetrazole rings is 1. The number of benzene rings is 1. The molecule has 3 rings (SSSR count). The van der Waals surface area contributed by atoms with Gasteiger partial charge in [-0.15, -0.1) is 5.10 Å². The second-order valence-corrected chi connectivity index (χ2v) is 7.00. The molecule has 0 radical (unpaired) electrons. The highest BCUT2D eigenvalue weighted by Crippen LogP contribution is 2.26. The fourth-order valence-electron chi connectivity index (χ4n) is 3.55. The van der Waals surface area contributed by atoms with Crippen molar-refractivity contribution in [1.82, 2.24) is 25.5 Å². The minimum Gasteiger partial charge on any atom is -0.465 e. The van der Waals surface area contributed by atoms with Crippen molar-refractivity contribution in [2.75, 3.05) is 6.61 Å². The topological polar surface area (TPSA) is 151 Å². The summed E-state index contributed by atoms with van der Waals surface area (Å²) in [5.74, 6) is -0.0254. The number of ether oxygens (including phenoxy) is 1. The van der Waals surface area contributed by atoms with Crippen LogP contribution in [0, 0.1) is 10.1 Å². The molecule has 3 unspecified atom stereocenters. The number of nitrogens with one attached hydrogen (secondary N) is 1. The number of non-ortho nitro benzene ring substituents is 1. The molecule has 29 heavy (non-hydrogen) atoms. The Labute approximate surface area is 167 Å². The number of nitro groups is 1. The zero-order chi connectivity index (χ0) is 20.8. The van der Waals surface area contributed by atoms with Gasteiger partial charge in [-0.3, -0.25) is 20.2 Å². The smallest absolute Gasteiger partial charge is 0.327 e. The molecule has 0 aliphatic heterocycles. The van der Waals surface area contributed by atoms with Gasteiger partial charge in [-0.1, -0.05) is 25.0 Å². The molecular weight excluding hydrogens is 378 g/mol. The van der Waals surface area contributed by atoms with Crippen molar-refractivity contribution in [2.45, 2.75) is 57.3 Å². The number of hydrogen-bond acceptors (Lipinski definition) is 9. The fourth-order valence-corrected chi connectivity index (χ4v) is 3.55. The van der Waals surface area contributed by atoms with E-state index in [9.17, 15) is 14.9 Å². The molecule has 0 spiro atoms. The second-order valence-electron chi connectivity index (χ2n) is 7.00. The van der Waals surface area contributed by atoms with E-state index < -0.39 is 16.9 Å². The van der Waals surface area contributed by atoms with E-state index in [0.29, 0.717) is 5.82 Å². The minimum absolute atomic E-state index is 0.00650. The highest BCUT2D eigenvalue weighted by molar-refractivity contribution is 5.69. The molecule has 1 aliphatic rings. The van der Waals surface area contributed by atoms with E-state index in [-0.39, 0.29) is 30.9 Å². The van der Waals surface area contributed by atoms with Gasteiger partial charge in [0, 0.05) is 24.2 Å². The lowest BCUT2D eigenvalue weighted by Crippen LogP contribution is -2.49. The van der Waals surface area contributed by atoms with Crippen molar-refractivity contribution >= 4 is 11.7 Å². The molecule has 0 bridgehead atoms. The maximum absolute atomic E-state index is 11.9. The quantitative estimate of drug-likeness (QED) is 0.375. The van der Waals surface area contributed by atoms with Crippen molar-refractivity contribution < 1.29 is 14.5 Å². The molecule has 1 aliphatic carbocycles. The van der Waals surface area contributed by atoms with E-state index >= 15 is 0 Å². The zero-order valence-corrected chi connectivity index (χ0v) is 16.2. The van der Waals surface area contributed by atoms with Crippen LogP contribution in [0.1, 0.15) is 50.0 Å². The van der Waals surface area contributed by atoms with E-state index in [4.69, 9.17) is 10.5 Å². The second kappa shape index (κ2) is 9.52. The third-order valence-electron chi connectivity index (χ3n) is 5.04. The summed E-state index contributed by atoms with van der Waals surface area (Å²) in [6, 6.07) is 5.74. The Morgan fingerprint density at radius 1 is 1.38 bits per heavy atom. The molecule has 1 aromatic carbocycles. The fraction of sp³-hybridized carbons (Fsp3) is 0.556. The molecule has 1 heterocycles. The van der Waals surface area contributed by atoms with Crippen molar-refractivity contribution in [3.05, 3.63) is 45.8 Å². The first-order valence-electron chi connectivity index (χ1n) is 9.67. The summed E-state index contributed by atoms with van der Waals surface area (Å²) >= 11 is 0. The highest BCUT2D eigenvalue weighted by atomic mass is 16.6.